The number of H-pyrrole nitrogens is 1. The lowest BCUT2D eigenvalue weighted by molar-refractivity contribution is 1.09. The Kier molecular flexibility index (Phi) is 1.66. The third-order valence-electron chi connectivity index (χ3n) is 2.79. The number of hydrogen-bond acceptors (Lipinski definition) is 1. The van der Waals surface area contributed by atoms with Crippen LogP contribution >= 0.6 is 0 Å². The topological polar surface area (TPSA) is 28.7 Å². The molecule has 1 aliphatic rings. The Hall–Kier alpha value is -1.57. The summed E-state index contributed by atoms with van der Waals surface area (Å²) in [5.41, 5.74) is 4.02. The van der Waals surface area contributed by atoms with Gasteiger partial charge < -0.3 is 0 Å². The lowest BCUT2D eigenvalue weighted by Gasteiger charge is -2.05. The standard InChI is InChI=1S/C12H12N2/c1-2-4-12(10-7-13-14-8-10)11(3-1)9-5-6-9/h1-4,7-9H,5-6H2,(H,13,14). The molecule has 70 valence electrons. The van der Waals surface area contributed by atoms with E-state index in [1.54, 1.807) is 0 Å². The van der Waals surface area contributed by atoms with Gasteiger partial charge in [-0.05, 0) is 29.9 Å². The first-order valence-corrected chi connectivity index (χ1v) is 5.03. The van der Waals surface area contributed by atoms with Crippen LogP contribution in [0, 0.1) is 0 Å². The highest BCUT2D eigenvalue weighted by Crippen LogP contribution is 2.44. The predicted octanol–water partition coefficient (Wildman–Crippen LogP) is 2.95. The van der Waals surface area contributed by atoms with E-state index in [0.717, 1.165) is 5.92 Å². The molecule has 1 N–H and O–H groups in total. The fraction of sp³-hybridized carbons (Fsp3) is 0.250. The Bertz CT molecular complexity index is 427. The third kappa shape index (κ3) is 1.23. The Morgan fingerprint density at radius 1 is 1.21 bits per heavy atom. The number of nitrogens with zero attached hydrogens (tertiary/aromatic N) is 1. The van der Waals surface area contributed by atoms with Gasteiger partial charge in [0.1, 0.15) is 0 Å². The highest BCUT2D eigenvalue weighted by atomic mass is 15.1. The highest BCUT2D eigenvalue weighted by Gasteiger charge is 2.25. The molecule has 2 aromatic rings. The minimum atomic E-state index is 0.793. The molecule has 1 aromatic heterocycles. The molecule has 0 unspecified atom stereocenters. The zero-order valence-electron chi connectivity index (χ0n) is 7.90. The summed E-state index contributed by atoms with van der Waals surface area (Å²) < 4.78 is 0. The Morgan fingerprint density at radius 3 is 2.79 bits per heavy atom. The summed E-state index contributed by atoms with van der Waals surface area (Å²) in [5, 5.41) is 6.86. The molecular weight excluding hydrogens is 172 g/mol. The van der Waals surface area contributed by atoms with Gasteiger partial charge in [-0.1, -0.05) is 24.3 Å². The monoisotopic (exact) mass is 184 g/mol. The average molecular weight is 184 g/mol. The van der Waals surface area contributed by atoms with Crippen LogP contribution in [-0.4, -0.2) is 10.2 Å². The summed E-state index contributed by atoms with van der Waals surface area (Å²) in [4.78, 5) is 0. The zero-order chi connectivity index (χ0) is 9.38. The van der Waals surface area contributed by atoms with Gasteiger partial charge in [-0.3, -0.25) is 5.10 Å². The van der Waals surface area contributed by atoms with Gasteiger partial charge in [0, 0.05) is 11.8 Å². The quantitative estimate of drug-likeness (QED) is 0.763. The number of rotatable bonds is 2. The summed E-state index contributed by atoms with van der Waals surface area (Å²) in [5.74, 6) is 0.793. The molecular formula is C12H12N2. The van der Waals surface area contributed by atoms with Crippen LogP contribution in [-0.2, 0) is 0 Å². The van der Waals surface area contributed by atoms with Crippen molar-refractivity contribution in [2.24, 2.45) is 0 Å². The molecule has 14 heavy (non-hydrogen) atoms. The second-order valence-electron chi connectivity index (χ2n) is 3.85. The fourth-order valence-corrected chi connectivity index (χ4v) is 1.91. The van der Waals surface area contributed by atoms with Crippen LogP contribution in [0.3, 0.4) is 0 Å². The van der Waals surface area contributed by atoms with Crippen molar-refractivity contribution in [2.75, 3.05) is 0 Å². The first-order chi connectivity index (χ1) is 6.95. The van der Waals surface area contributed by atoms with E-state index in [1.165, 1.54) is 29.5 Å². The maximum absolute atomic E-state index is 3.99. The van der Waals surface area contributed by atoms with Crippen LogP contribution in [0.25, 0.3) is 11.1 Å². The van der Waals surface area contributed by atoms with Crippen molar-refractivity contribution in [3.05, 3.63) is 42.2 Å². The van der Waals surface area contributed by atoms with E-state index >= 15 is 0 Å². The molecule has 1 aromatic carbocycles. The van der Waals surface area contributed by atoms with E-state index in [0.29, 0.717) is 0 Å². The molecule has 0 radical (unpaired) electrons. The zero-order valence-corrected chi connectivity index (χ0v) is 7.90. The summed E-state index contributed by atoms with van der Waals surface area (Å²) in [6.45, 7) is 0. The second kappa shape index (κ2) is 2.98. The van der Waals surface area contributed by atoms with E-state index in [9.17, 15) is 0 Å². The molecule has 0 saturated heterocycles. The molecule has 0 aliphatic heterocycles. The van der Waals surface area contributed by atoms with Gasteiger partial charge in [-0.2, -0.15) is 5.10 Å². The molecule has 1 heterocycles. The van der Waals surface area contributed by atoms with Crippen LogP contribution in [0.2, 0.25) is 0 Å². The van der Waals surface area contributed by atoms with Crippen molar-refractivity contribution in [3.63, 3.8) is 0 Å². The fourth-order valence-electron chi connectivity index (χ4n) is 1.91. The number of nitrogens with one attached hydrogen (secondary N) is 1. The molecule has 1 fully saturated rings. The molecule has 0 spiro atoms. The number of aromatic nitrogens is 2. The minimum absolute atomic E-state index is 0.793. The number of aromatic amines is 1. The summed E-state index contributed by atoms with van der Waals surface area (Å²) in [6.07, 6.45) is 6.53. The second-order valence-corrected chi connectivity index (χ2v) is 3.85. The van der Waals surface area contributed by atoms with Gasteiger partial charge in [0.2, 0.25) is 0 Å². The van der Waals surface area contributed by atoms with Crippen LogP contribution < -0.4 is 0 Å². The summed E-state index contributed by atoms with van der Waals surface area (Å²) in [6, 6.07) is 8.63. The van der Waals surface area contributed by atoms with Crippen LogP contribution in [0.5, 0.6) is 0 Å². The van der Waals surface area contributed by atoms with Gasteiger partial charge in [0.25, 0.3) is 0 Å². The van der Waals surface area contributed by atoms with E-state index < -0.39 is 0 Å². The molecule has 0 atom stereocenters. The van der Waals surface area contributed by atoms with Gasteiger partial charge in [0.15, 0.2) is 0 Å². The number of benzene rings is 1. The maximum atomic E-state index is 3.99. The van der Waals surface area contributed by atoms with Crippen LogP contribution in [0.4, 0.5) is 0 Å². The predicted molar refractivity (Wildman–Crippen MR) is 56.0 cm³/mol. The summed E-state index contributed by atoms with van der Waals surface area (Å²) >= 11 is 0. The molecule has 2 heteroatoms. The Labute approximate surface area is 83.0 Å². The Balaban J connectivity index is 2.12. The van der Waals surface area contributed by atoms with Crippen LogP contribution in [0.15, 0.2) is 36.7 Å². The molecule has 2 nitrogen and oxygen atoms in total. The molecule has 0 amide bonds. The third-order valence-corrected chi connectivity index (χ3v) is 2.79. The normalized spacial score (nSPS) is 15.7. The molecule has 1 saturated carbocycles. The van der Waals surface area contributed by atoms with E-state index in [2.05, 4.69) is 34.5 Å². The SMILES string of the molecule is c1ccc(C2CC2)c(-c2cn[nH]c2)c1. The van der Waals surface area contributed by atoms with Gasteiger partial charge in [0.05, 0.1) is 6.20 Å². The number of hydrogen-bond donors (Lipinski definition) is 1. The average Bonchev–Trinajstić information content (AvgIpc) is 2.94. The van der Waals surface area contributed by atoms with Gasteiger partial charge in [-0.15, -0.1) is 0 Å². The highest BCUT2D eigenvalue weighted by molar-refractivity contribution is 5.67. The van der Waals surface area contributed by atoms with Crippen molar-refractivity contribution in [2.45, 2.75) is 18.8 Å². The smallest absolute Gasteiger partial charge is 0.0565 e. The summed E-state index contributed by atoms with van der Waals surface area (Å²) in [7, 11) is 0. The van der Waals surface area contributed by atoms with Crippen LogP contribution in [0.1, 0.15) is 24.3 Å². The van der Waals surface area contributed by atoms with Crippen molar-refractivity contribution in [1.82, 2.24) is 10.2 Å². The largest absolute Gasteiger partial charge is 0.285 e. The van der Waals surface area contributed by atoms with E-state index in [4.69, 9.17) is 0 Å². The first-order valence-electron chi connectivity index (χ1n) is 5.03. The first kappa shape index (κ1) is 7.80. The molecule has 3 rings (SSSR count). The minimum Gasteiger partial charge on any atom is -0.285 e. The van der Waals surface area contributed by atoms with Crippen molar-refractivity contribution < 1.29 is 0 Å². The van der Waals surface area contributed by atoms with Crippen molar-refractivity contribution in [1.29, 1.82) is 0 Å². The molecule has 1 aliphatic carbocycles. The van der Waals surface area contributed by atoms with E-state index in [1.807, 2.05) is 12.4 Å². The van der Waals surface area contributed by atoms with Gasteiger partial charge >= 0.3 is 0 Å². The van der Waals surface area contributed by atoms with Crippen molar-refractivity contribution in [3.8, 4) is 11.1 Å². The Morgan fingerprint density at radius 2 is 2.07 bits per heavy atom. The lowest BCUT2D eigenvalue weighted by atomic mass is 9.99. The van der Waals surface area contributed by atoms with Gasteiger partial charge in [-0.25, -0.2) is 0 Å². The maximum Gasteiger partial charge on any atom is 0.0565 e. The van der Waals surface area contributed by atoms with Crippen molar-refractivity contribution >= 4 is 0 Å². The van der Waals surface area contributed by atoms with E-state index in [-0.39, 0.29) is 0 Å². The lowest BCUT2D eigenvalue weighted by Crippen LogP contribution is -1.84. The molecule has 0 bridgehead atoms.